The van der Waals surface area contributed by atoms with Gasteiger partial charge in [0.1, 0.15) is 5.76 Å². The molecular weight excluding hydrogens is 324 g/mol. The van der Waals surface area contributed by atoms with Crippen molar-refractivity contribution in [3.63, 3.8) is 0 Å². The molecule has 7 heteroatoms. The van der Waals surface area contributed by atoms with Gasteiger partial charge in [0, 0.05) is 26.6 Å². The van der Waals surface area contributed by atoms with Gasteiger partial charge in [-0.2, -0.15) is 0 Å². The summed E-state index contributed by atoms with van der Waals surface area (Å²) in [7, 11) is 1.57. The van der Waals surface area contributed by atoms with E-state index >= 15 is 0 Å². The second kappa shape index (κ2) is 8.18. The van der Waals surface area contributed by atoms with Crippen LogP contribution >= 0.6 is 0 Å². The maximum atomic E-state index is 12.5. The summed E-state index contributed by atoms with van der Waals surface area (Å²) in [5, 5.41) is 9.01. The van der Waals surface area contributed by atoms with Crippen molar-refractivity contribution in [2.45, 2.75) is 39.5 Å². The minimum absolute atomic E-state index is 0.0415. The number of nitrogens with zero attached hydrogens (tertiary/aromatic N) is 2. The first kappa shape index (κ1) is 19.0. The van der Waals surface area contributed by atoms with Crippen LogP contribution in [0.25, 0.3) is 0 Å². The highest BCUT2D eigenvalue weighted by atomic mass is 16.4. The van der Waals surface area contributed by atoms with Crippen LogP contribution in [-0.4, -0.2) is 59.4 Å². The molecule has 7 nitrogen and oxygen atoms in total. The number of carbonyl (C=O) groups excluding carboxylic acids is 2. The first-order valence-electron chi connectivity index (χ1n) is 8.74. The number of likely N-dealkylation sites (N-methyl/N-ethyl adjacent to an activating group) is 1. The summed E-state index contributed by atoms with van der Waals surface area (Å²) in [6.07, 6.45) is 2.42. The Morgan fingerprint density at radius 2 is 1.88 bits per heavy atom. The van der Waals surface area contributed by atoms with Crippen molar-refractivity contribution in [1.82, 2.24) is 9.80 Å². The smallest absolute Gasteiger partial charge is 0.306 e. The van der Waals surface area contributed by atoms with Crippen LogP contribution in [0.15, 0.2) is 10.5 Å². The molecule has 0 saturated carbocycles. The maximum Gasteiger partial charge on any atom is 0.306 e. The monoisotopic (exact) mass is 350 g/mol. The maximum absolute atomic E-state index is 12.5. The van der Waals surface area contributed by atoms with E-state index in [1.807, 2.05) is 13.8 Å². The van der Waals surface area contributed by atoms with Gasteiger partial charge in [-0.05, 0) is 30.9 Å². The second-order valence-electron chi connectivity index (χ2n) is 6.42. The quantitative estimate of drug-likeness (QED) is 0.845. The number of furan rings is 1. The number of rotatable bonds is 6. The zero-order valence-electron chi connectivity index (χ0n) is 15.1. The summed E-state index contributed by atoms with van der Waals surface area (Å²) in [5.41, 5.74) is 1.02. The molecule has 2 rings (SSSR count). The highest BCUT2D eigenvalue weighted by molar-refractivity contribution is 5.94. The van der Waals surface area contributed by atoms with Crippen molar-refractivity contribution in [3.8, 4) is 0 Å². The van der Waals surface area contributed by atoms with E-state index in [1.165, 1.54) is 4.90 Å². The van der Waals surface area contributed by atoms with E-state index in [0.717, 1.165) is 24.2 Å². The van der Waals surface area contributed by atoms with Gasteiger partial charge in [0.2, 0.25) is 5.91 Å². The fourth-order valence-corrected chi connectivity index (χ4v) is 3.11. The van der Waals surface area contributed by atoms with Crippen LogP contribution in [0.1, 0.15) is 48.6 Å². The van der Waals surface area contributed by atoms with E-state index in [-0.39, 0.29) is 30.0 Å². The minimum atomic E-state index is -0.810. The molecule has 1 aliphatic rings. The number of hydrogen-bond acceptors (Lipinski definition) is 4. The molecule has 0 unspecified atom stereocenters. The third-order valence-corrected chi connectivity index (χ3v) is 4.73. The normalized spacial score (nSPS) is 15.2. The predicted octanol–water partition coefficient (Wildman–Crippen LogP) is 1.80. The van der Waals surface area contributed by atoms with Gasteiger partial charge in [0.15, 0.2) is 5.76 Å². The molecule has 25 heavy (non-hydrogen) atoms. The summed E-state index contributed by atoms with van der Waals surface area (Å²) < 4.78 is 5.62. The summed E-state index contributed by atoms with van der Waals surface area (Å²) in [5.74, 6) is -0.613. The average molecular weight is 350 g/mol. The molecule has 1 N–H and O–H groups in total. The average Bonchev–Trinajstić information content (AvgIpc) is 3.04. The summed E-state index contributed by atoms with van der Waals surface area (Å²) >= 11 is 0. The number of aliphatic carboxylic acids is 1. The highest BCUT2D eigenvalue weighted by Gasteiger charge is 2.28. The van der Waals surface area contributed by atoms with E-state index in [9.17, 15) is 14.4 Å². The Hall–Kier alpha value is -2.31. The molecule has 0 aliphatic carbocycles. The van der Waals surface area contributed by atoms with Crippen molar-refractivity contribution >= 4 is 17.8 Å². The topological polar surface area (TPSA) is 91.1 Å². The van der Waals surface area contributed by atoms with Gasteiger partial charge >= 0.3 is 5.97 Å². The summed E-state index contributed by atoms with van der Waals surface area (Å²) in [4.78, 5) is 38.8. The molecule has 0 aromatic carbocycles. The molecule has 138 valence electrons. The first-order valence-corrected chi connectivity index (χ1v) is 8.74. The second-order valence-corrected chi connectivity index (χ2v) is 6.42. The number of carbonyl (C=O) groups is 3. The van der Waals surface area contributed by atoms with Crippen molar-refractivity contribution in [2.24, 2.45) is 5.92 Å². The van der Waals surface area contributed by atoms with Crippen LogP contribution in [0.2, 0.25) is 0 Å². The fourth-order valence-electron chi connectivity index (χ4n) is 3.11. The van der Waals surface area contributed by atoms with Crippen LogP contribution in [0.5, 0.6) is 0 Å². The zero-order valence-corrected chi connectivity index (χ0v) is 15.1. The van der Waals surface area contributed by atoms with Crippen LogP contribution in [0, 0.1) is 5.92 Å². The molecule has 1 aromatic rings. The number of piperidine rings is 1. The molecule has 2 amide bonds. The minimum Gasteiger partial charge on any atom is -0.481 e. The molecule has 1 saturated heterocycles. The lowest BCUT2D eigenvalue weighted by molar-refractivity contribution is -0.145. The fraction of sp³-hybridized carbons (Fsp3) is 0.611. The first-order chi connectivity index (χ1) is 11.9. The number of carboxylic acid groups (broad SMARTS) is 1. The SMILES string of the molecule is CCc1cc(C(=O)N(C)CC(=O)N2CCC(C(=O)O)CC2)oc1CC. The van der Waals surface area contributed by atoms with E-state index in [1.54, 1.807) is 18.0 Å². The number of hydrogen-bond donors (Lipinski definition) is 1. The lowest BCUT2D eigenvalue weighted by Crippen LogP contribution is -2.45. The molecule has 2 heterocycles. The van der Waals surface area contributed by atoms with E-state index in [4.69, 9.17) is 9.52 Å². The van der Waals surface area contributed by atoms with Gasteiger partial charge in [0.05, 0.1) is 12.5 Å². The summed E-state index contributed by atoms with van der Waals surface area (Å²) in [6.45, 7) is 4.77. The Balaban J connectivity index is 1.93. The van der Waals surface area contributed by atoms with Gasteiger partial charge < -0.3 is 19.3 Å². The van der Waals surface area contributed by atoms with Crippen LogP contribution in [-0.2, 0) is 22.4 Å². The molecule has 1 fully saturated rings. The van der Waals surface area contributed by atoms with Crippen LogP contribution < -0.4 is 0 Å². The van der Waals surface area contributed by atoms with E-state index < -0.39 is 5.97 Å². The molecule has 1 aliphatic heterocycles. The largest absolute Gasteiger partial charge is 0.481 e. The van der Waals surface area contributed by atoms with Crippen molar-refractivity contribution in [2.75, 3.05) is 26.7 Å². The van der Waals surface area contributed by atoms with Gasteiger partial charge in [0.25, 0.3) is 5.91 Å². The Labute approximate surface area is 147 Å². The lowest BCUT2D eigenvalue weighted by Gasteiger charge is -2.31. The lowest BCUT2D eigenvalue weighted by atomic mass is 9.97. The molecule has 0 bridgehead atoms. The van der Waals surface area contributed by atoms with Crippen molar-refractivity contribution in [3.05, 3.63) is 23.2 Å². The van der Waals surface area contributed by atoms with Gasteiger partial charge in [-0.15, -0.1) is 0 Å². The molecule has 0 spiro atoms. The molecule has 0 atom stereocenters. The molecule has 1 aromatic heterocycles. The molecular formula is C18H26N2O5. The third-order valence-electron chi connectivity index (χ3n) is 4.73. The predicted molar refractivity (Wildman–Crippen MR) is 91.4 cm³/mol. The van der Waals surface area contributed by atoms with Gasteiger partial charge in [-0.25, -0.2) is 0 Å². The van der Waals surface area contributed by atoms with Gasteiger partial charge in [-0.3, -0.25) is 14.4 Å². The Bertz CT molecular complexity index is 622. The Kier molecular flexibility index (Phi) is 6.22. The number of carboxylic acids is 1. The van der Waals surface area contributed by atoms with E-state index in [2.05, 4.69) is 0 Å². The van der Waals surface area contributed by atoms with Crippen molar-refractivity contribution < 1.29 is 23.9 Å². The Morgan fingerprint density at radius 3 is 2.36 bits per heavy atom. The zero-order chi connectivity index (χ0) is 18.6. The van der Waals surface area contributed by atoms with E-state index in [0.29, 0.717) is 25.9 Å². The van der Waals surface area contributed by atoms with Crippen LogP contribution in [0.3, 0.4) is 0 Å². The summed E-state index contributed by atoms with van der Waals surface area (Å²) in [6, 6.07) is 1.75. The number of amides is 2. The highest BCUT2D eigenvalue weighted by Crippen LogP contribution is 2.19. The van der Waals surface area contributed by atoms with Gasteiger partial charge in [-0.1, -0.05) is 13.8 Å². The molecule has 0 radical (unpaired) electrons. The number of aryl methyl sites for hydroxylation is 2. The third kappa shape index (κ3) is 4.41. The van der Waals surface area contributed by atoms with Crippen LogP contribution in [0.4, 0.5) is 0 Å². The van der Waals surface area contributed by atoms with Crippen molar-refractivity contribution in [1.29, 1.82) is 0 Å². The number of likely N-dealkylation sites (tertiary alicyclic amines) is 1. The standard InChI is InChI=1S/C18H26N2O5/c1-4-12-10-15(25-14(12)5-2)17(22)19(3)11-16(21)20-8-6-13(7-9-20)18(23)24/h10,13H,4-9,11H2,1-3H3,(H,23,24). The Morgan fingerprint density at radius 1 is 1.24 bits per heavy atom.